The molecule has 2 N–H and O–H groups in total. The molecule has 3 atom stereocenters. The first-order chi connectivity index (χ1) is 18.7. The van der Waals surface area contributed by atoms with Crippen LogP contribution in [0, 0.1) is 5.41 Å². The molecule has 0 saturated carbocycles. The van der Waals surface area contributed by atoms with E-state index < -0.39 is 29.7 Å². The molecule has 0 bridgehead atoms. The summed E-state index contributed by atoms with van der Waals surface area (Å²) < 4.78 is 16.4. The predicted molar refractivity (Wildman–Crippen MR) is 153 cm³/mol. The number of aliphatic hydroxyl groups is 2. The van der Waals surface area contributed by atoms with Gasteiger partial charge in [0.2, 0.25) is 0 Å². The van der Waals surface area contributed by atoms with Gasteiger partial charge in [0.1, 0.15) is 5.75 Å². The van der Waals surface area contributed by atoms with Crippen LogP contribution in [0.5, 0.6) is 5.75 Å². The molecule has 208 valence electrons. The summed E-state index contributed by atoms with van der Waals surface area (Å²) in [5.74, 6) is 0.254. The van der Waals surface area contributed by atoms with Crippen molar-refractivity contribution in [2.45, 2.75) is 58.0 Å². The molecule has 0 fully saturated rings. The fraction of sp³-hybridized carbons (Fsp3) is 0.364. The zero-order valence-corrected chi connectivity index (χ0v) is 23.2. The van der Waals surface area contributed by atoms with Gasteiger partial charge >= 0.3 is 5.97 Å². The van der Waals surface area contributed by atoms with Crippen LogP contribution in [0.25, 0.3) is 5.57 Å². The Hall–Kier alpha value is -3.45. The Balaban J connectivity index is 1.90. The smallest absolute Gasteiger partial charge is 0.308 e. The van der Waals surface area contributed by atoms with E-state index in [4.69, 9.17) is 9.47 Å². The first kappa shape index (κ1) is 30.1. The van der Waals surface area contributed by atoms with Crippen molar-refractivity contribution in [3.8, 4) is 5.75 Å². The highest BCUT2D eigenvalue weighted by atomic mass is 16.5. The van der Waals surface area contributed by atoms with Crippen LogP contribution in [0.2, 0.25) is 0 Å². The van der Waals surface area contributed by atoms with E-state index in [0.717, 1.165) is 28.0 Å². The number of carbonyl (C=O) groups is 1. The molecule has 0 radical (unpaired) electrons. The predicted octanol–water partition coefficient (Wildman–Crippen LogP) is 5.80. The Morgan fingerprint density at radius 2 is 1.38 bits per heavy atom. The third kappa shape index (κ3) is 9.36. The van der Waals surface area contributed by atoms with E-state index in [9.17, 15) is 15.0 Å². The summed E-state index contributed by atoms with van der Waals surface area (Å²) in [7, 11) is 2.91. The number of hydrogen-bond donors (Lipinski definition) is 2. The number of hydrogen-bond acceptors (Lipinski definition) is 6. The third-order valence-corrected chi connectivity index (χ3v) is 6.79. The fourth-order valence-corrected chi connectivity index (χ4v) is 4.56. The van der Waals surface area contributed by atoms with Crippen LogP contribution in [0.3, 0.4) is 0 Å². The van der Waals surface area contributed by atoms with Crippen LogP contribution in [0.1, 0.15) is 49.8 Å². The largest absolute Gasteiger partial charge is 0.497 e. The summed E-state index contributed by atoms with van der Waals surface area (Å²) in [6.07, 6.45) is 0.0694. The highest BCUT2D eigenvalue weighted by Crippen LogP contribution is 2.36. The number of methoxy groups -OCH3 is 2. The van der Waals surface area contributed by atoms with Crippen LogP contribution in [0.15, 0.2) is 91.0 Å². The van der Waals surface area contributed by atoms with Crippen molar-refractivity contribution in [3.63, 3.8) is 0 Å². The highest BCUT2D eigenvalue weighted by molar-refractivity contribution is 5.80. The molecule has 3 aromatic carbocycles. The van der Waals surface area contributed by atoms with Gasteiger partial charge < -0.3 is 24.4 Å². The average molecular weight is 533 g/mol. The SMILES string of the molecule is COC(=O)C[C@H](O)C[C@@H](O)C[C@H](OCc1ccc(OC)cc1)C(C)(C)C=C(c1ccccc1)c1ccccc1. The number of aliphatic hydroxyl groups excluding tert-OH is 2. The molecule has 0 amide bonds. The topological polar surface area (TPSA) is 85.2 Å². The van der Waals surface area contributed by atoms with Crippen molar-refractivity contribution < 1.29 is 29.2 Å². The Labute approximate surface area is 231 Å². The zero-order chi connectivity index (χ0) is 28.3. The summed E-state index contributed by atoms with van der Waals surface area (Å²) >= 11 is 0. The Morgan fingerprint density at radius 1 is 0.821 bits per heavy atom. The molecule has 0 spiro atoms. The van der Waals surface area contributed by atoms with E-state index in [1.807, 2.05) is 60.7 Å². The van der Waals surface area contributed by atoms with E-state index >= 15 is 0 Å². The van der Waals surface area contributed by atoms with Crippen molar-refractivity contribution in [3.05, 3.63) is 108 Å². The Kier molecular flexibility index (Phi) is 11.3. The minimum atomic E-state index is -1.00. The van der Waals surface area contributed by atoms with Crippen molar-refractivity contribution in [1.29, 1.82) is 0 Å². The summed E-state index contributed by atoms with van der Waals surface area (Å²) in [6.45, 7) is 4.53. The van der Waals surface area contributed by atoms with Gasteiger partial charge in [-0.05, 0) is 40.8 Å². The molecule has 3 aromatic rings. The molecule has 39 heavy (non-hydrogen) atoms. The summed E-state index contributed by atoms with van der Waals surface area (Å²) in [4.78, 5) is 11.6. The van der Waals surface area contributed by atoms with Gasteiger partial charge in [0.25, 0.3) is 0 Å². The molecular formula is C33H40O6. The average Bonchev–Trinajstić information content (AvgIpc) is 2.95. The standard InChI is InChI=1S/C33H40O6/c1-33(2,22-30(25-11-7-5-8-12-25)26-13-9-6-10-14-26)31(20-27(34)19-28(35)21-32(36)38-4)39-23-24-15-17-29(37-3)18-16-24/h5-18,22,27-28,31,34-35H,19-21,23H2,1-4H3/t27-,28-,31+/m1/s1. The van der Waals surface area contributed by atoms with Gasteiger partial charge in [0.15, 0.2) is 0 Å². The van der Waals surface area contributed by atoms with Gasteiger partial charge in [-0.25, -0.2) is 0 Å². The molecule has 3 rings (SSSR count). The van der Waals surface area contributed by atoms with E-state index in [1.165, 1.54) is 7.11 Å². The van der Waals surface area contributed by atoms with Crippen LogP contribution in [0.4, 0.5) is 0 Å². The summed E-state index contributed by atoms with van der Waals surface area (Å²) in [6, 6.07) is 28.1. The van der Waals surface area contributed by atoms with Gasteiger partial charge in [-0.2, -0.15) is 0 Å². The lowest BCUT2D eigenvalue weighted by molar-refractivity contribution is -0.143. The van der Waals surface area contributed by atoms with Crippen molar-refractivity contribution in [1.82, 2.24) is 0 Å². The number of esters is 1. The second-order valence-electron chi connectivity index (χ2n) is 10.3. The van der Waals surface area contributed by atoms with Gasteiger partial charge in [0, 0.05) is 11.8 Å². The number of benzene rings is 3. The maximum atomic E-state index is 11.6. The normalized spacial score (nSPS) is 13.7. The minimum absolute atomic E-state index is 0.0432. The minimum Gasteiger partial charge on any atom is -0.497 e. The molecule has 0 unspecified atom stereocenters. The van der Waals surface area contributed by atoms with E-state index in [0.29, 0.717) is 6.61 Å². The lowest BCUT2D eigenvalue weighted by atomic mass is 9.79. The molecular weight excluding hydrogens is 492 g/mol. The second kappa shape index (κ2) is 14.6. The third-order valence-electron chi connectivity index (χ3n) is 6.79. The van der Waals surface area contributed by atoms with Crippen molar-refractivity contribution >= 4 is 11.5 Å². The molecule has 0 heterocycles. The fourth-order valence-electron chi connectivity index (χ4n) is 4.56. The van der Waals surface area contributed by atoms with Crippen LogP contribution >= 0.6 is 0 Å². The maximum absolute atomic E-state index is 11.6. The quantitative estimate of drug-likeness (QED) is 0.255. The number of ether oxygens (including phenoxy) is 3. The number of carbonyl (C=O) groups excluding carboxylic acids is 1. The summed E-state index contributed by atoms with van der Waals surface area (Å²) in [5.41, 5.74) is 3.70. The molecule has 0 aromatic heterocycles. The Bertz CT molecular complexity index is 1130. The van der Waals surface area contributed by atoms with Crippen LogP contribution < -0.4 is 4.74 Å². The van der Waals surface area contributed by atoms with E-state index in [-0.39, 0.29) is 19.3 Å². The molecule has 6 heteroatoms. The second-order valence-corrected chi connectivity index (χ2v) is 10.3. The van der Waals surface area contributed by atoms with Crippen molar-refractivity contribution in [2.24, 2.45) is 5.41 Å². The van der Waals surface area contributed by atoms with Gasteiger partial charge in [-0.3, -0.25) is 4.79 Å². The monoisotopic (exact) mass is 532 g/mol. The molecule has 0 aliphatic rings. The lowest BCUT2D eigenvalue weighted by Gasteiger charge is -2.34. The first-order valence-corrected chi connectivity index (χ1v) is 13.2. The maximum Gasteiger partial charge on any atom is 0.308 e. The molecule has 0 aliphatic heterocycles. The number of rotatable bonds is 14. The van der Waals surface area contributed by atoms with Crippen molar-refractivity contribution in [2.75, 3.05) is 14.2 Å². The van der Waals surface area contributed by atoms with Gasteiger partial charge in [-0.15, -0.1) is 0 Å². The highest BCUT2D eigenvalue weighted by Gasteiger charge is 2.32. The van der Waals surface area contributed by atoms with Crippen LogP contribution in [-0.2, 0) is 20.9 Å². The van der Waals surface area contributed by atoms with E-state index in [2.05, 4.69) is 48.9 Å². The van der Waals surface area contributed by atoms with E-state index in [1.54, 1.807) is 7.11 Å². The first-order valence-electron chi connectivity index (χ1n) is 13.2. The Morgan fingerprint density at radius 3 is 1.90 bits per heavy atom. The lowest BCUT2D eigenvalue weighted by Crippen LogP contribution is -2.35. The molecule has 0 saturated heterocycles. The van der Waals surface area contributed by atoms with Gasteiger partial charge in [-0.1, -0.05) is 92.7 Å². The van der Waals surface area contributed by atoms with Gasteiger partial charge in [0.05, 0.1) is 45.6 Å². The summed E-state index contributed by atoms with van der Waals surface area (Å²) in [5, 5.41) is 21.3. The molecule has 0 aliphatic carbocycles. The zero-order valence-electron chi connectivity index (χ0n) is 23.2. The van der Waals surface area contributed by atoms with Crippen LogP contribution in [-0.4, -0.2) is 48.7 Å². The molecule has 6 nitrogen and oxygen atoms in total.